The summed E-state index contributed by atoms with van der Waals surface area (Å²) in [4.78, 5) is 4.63. The average Bonchev–Trinajstić information content (AvgIpc) is 2.70. The largest absolute Gasteiger partial charge is 0.383 e. The maximum absolute atomic E-state index is 13.5. The molecule has 0 aliphatic carbocycles. The minimum Gasteiger partial charge on any atom is -0.383 e. The minimum absolute atomic E-state index is 0.227. The van der Waals surface area contributed by atoms with Crippen LogP contribution >= 0.6 is 15.9 Å². The van der Waals surface area contributed by atoms with Crippen LogP contribution in [0.1, 0.15) is 39.1 Å². The SMILES string of the molecule is CCCc1nc(-c2cc(F)ccc2Br)c(N)n1C(C)C. The summed E-state index contributed by atoms with van der Waals surface area (Å²) in [5.74, 6) is 1.25. The number of nitrogen functional groups attached to an aromatic ring is 1. The molecular weight excluding hydrogens is 321 g/mol. The molecule has 0 unspecified atom stereocenters. The first kappa shape index (κ1) is 15.0. The molecule has 1 aromatic heterocycles. The Morgan fingerprint density at radius 1 is 1.40 bits per heavy atom. The first-order chi connectivity index (χ1) is 9.45. The van der Waals surface area contributed by atoms with Gasteiger partial charge in [-0.3, -0.25) is 0 Å². The summed E-state index contributed by atoms with van der Waals surface area (Å²) in [6, 6.07) is 4.78. The van der Waals surface area contributed by atoms with Gasteiger partial charge in [0.15, 0.2) is 0 Å². The molecule has 0 saturated heterocycles. The Morgan fingerprint density at radius 3 is 2.70 bits per heavy atom. The number of halogens is 2. The van der Waals surface area contributed by atoms with Crippen molar-refractivity contribution in [3.8, 4) is 11.3 Å². The Labute approximate surface area is 127 Å². The summed E-state index contributed by atoms with van der Waals surface area (Å²) in [7, 11) is 0. The van der Waals surface area contributed by atoms with Gasteiger partial charge in [-0.25, -0.2) is 9.37 Å². The Hall–Kier alpha value is -1.36. The normalized spacial score (nSPS) is 11.3. The fourth-order valence-electron chi connectivity index (χ4n) is 2.35. The number of nitrogens with zero attached hydrogens (tertiary/aromatic N) is 2. The van der Waals surface area contributed by atoms with Crippen LogP contribution in [0.25, 0.3) is 11.3 Å². The predicted octanol–water partition coefficient (Wildman–Crippen LogP) is 4.57. The third kappa shape index (κ3) is 2.73. The molecule has 1 heterocycles. The fourth-order valence-corrected chi connectivity index (χ4v) is 2.78. The quantitative estimate of drug-likeness (QED) is 0.886. The topological polar surface area (TPSA) is 43.8 Å². The molecule has 0 fully saturated rings. The van der Waals surface area contributed by atoms with Crippen molar-refractivity contribution in [1.29, 1.82) is 0 Å². The summed E-state index contributed by atoms with van der Waals surface area (Å²) in [5.41, 5.74) is 7.58. The van der Waals surface area contributed by atoms with E-state index in [9.17, 15) is 4.39 Å². The highest BCUT2D eigenvalue weighted by Crippen LogP contribution is 2.34. The van der Waals surface area contributed by atoms with Crippen LogP contribution < -0.4 is 5.73 Å². The van der Waals surface area contributed by atoms with Gasteiger partial charge in [-0.15, -0.1) is 0 Å². The van der Waals surface area contributed by atoms with Gasteiger partial charge in [0.25, 0.3) is 0 Å². The maximum Gasteiger partial charge on any atom is 0.132 e. The Morgan fingerprint density at radius 2 is 2.10 bits per heavy atom. The molecular formula is C15H19BrFN3. The third-order valence-electron chi connectivity index (χ3n) is 3.19. The molecule has 2 rings (SSSR count). The first-order valence-electron chi connectivity index (χ1n) is 6.77. The molecule has 0 saturated carbocycles. The summed E-state index contributed by atoms with van der Waals surface area (Å²) < 4.78 is 16.3. The highest BCUT2D eigenvalue weighted by Gasteiger charge is 2.19. The summed E-state index contributed by atoms with van der Waals surface area (Å²) in [5, 5.41) is 0. The fraction of sp³-hybridized carbons (Fsp3) is 0.400. The monoisotopic (exact) mass is 339 g/mol. The number of nitrogens with two attached hydrogens (primary N) is 1. The Kier molecular flexibility index (Phi) is 4.48. The number of benzene rings is 1. The molecule has 5 heteroatoms. The van der Waals surface area contributed by atoms with Crippen molar-refractivity contribution in [3.63, 3.8) is 0 Å². The molecule has 1 aromatic carbocycles. The van der Waals surface area contributed by atoms with Gasteiger partial charge in [0.2, 0.25) is 0 Å². The lowest BCUT2D eigenvalue weighted by Gasteiger charge is -2.13. The van der Waals surface area contributed by atoms with Crippen molar-refractivity contribution in [1.82, 2.24) is 9.55 Å². The first-order valence-corrected chi connectivity index (χ1v) is 7.57. The molecule has 0 radical (unpaired) electrons. The van der Waals surface area contributed by atoms with Gasteiger partial charge >= 0.3 is 0 Å². The van der Waals surface area contributed by atoms with Crippen molar-refractivity contribution in [2.45, 2.75) is 39.7 Å². The van der Waals surface area contributed by atoms with Crippen LogP contribution in [0.4, 0.5) is 10.2 Å². The average molecular weight is 340 g/mol. The molecule has 0 amide bonds. The molecule has 0 atom stereocenters. The van der Waals surface area contributed by atoms with Gasteiger partial charge in [0.1, 0.15) is 23.2 Å². The number of hydrogen-bond donors (Lipinski definition) is 1. The second-order valence-electron chi connectivity index (χ2n) is 5.10. The molecule has 108 valence electrons. The van der Waals surface area contributed by atoms with Crippen LogP contribution in [0.5, 0.6) is 0 Å². The highest BCUT2D eigenvalue weighted by atomic mass is 79.9. The van der Waals surface area contributed by atoms with Crippen LogP contribution in [-0.2, 0) is 6.42 Å². The molecule has 0 bridgehead atoms. The van der Waals surface area contributed by atoms with E-state index in [1.165, 1.54) is 12.1 Å². The van der Waals surface area contributed by atoms with Crippen LogP contribution in [0.2, 0.25) is 0 Å². The minimum atomic E-state index is -0.293. The zero-order chi connectivity index (χ0) is 14.9. The standard InChI is InChI=1S/C15H19BrFN3/c1-4-5-13-19-14(15(18)20(13)9(2)3)11-8-10(17)6-7-12(11)16/h6-9H,4-5,18H2,1-3H3. The number of imidazole rings is 1. The third-order valence-corrected chi connectivity index (χ3v) is 3.89. The van der Waals surface area contributed by atoms with Gasteiger partial charge in [-0.1, -0.05) is 22.9 Å². The van der Waals surface area contributed by atoms with Crippen LogP contribution in [0.15, 0.2) is 22.7 Å². The van der Waals surface area contributed by atoms with Gasteiger partial charge in [0.05, 0.1) is 0 Å². The van der Waals surface area contributed by atoms with Crippen molar-refractivity contribution in [2.24, 2.45) is 0 Å². The van der Waals surface area contributed by atoms with Gasteiger partial charge in [-0.2, -0.15) is 0 Å². The molecule has 2 aromatic rings. The van der Waals surface area contributed by atoms with E-state index in [-0.39, 0.29) is 11.9 Å². The van der Waals surface area contributed by atoms with Crippen LogP contribution in [0.3, 0.4) is 0 Å². The summed E-state index contributed by atoms with van der Waals surface area (Å²) in [6.45, 7) is 6.25. The van der Waals surface area contributed by atoms with E-state index in [0.29, 0.717) is 17.1 Å². The lowest BCUT2D eigenvalue weighted by atomic mass is 10.1. The lowest BCUT2D eigenvalue weighted by molar-refractivity contribution is 0.571. The molecule has 20 heavy (non-hydrogen) atoms. The number of aryl methyl sites for hydroxylation is 1. The Balaban J connectivity index is 2.63. The van der Waals surface area contributed by atoms with E-state index in [1.54, 1.807) is 6.07 Å². The number of rotatable bonds is 4. The molecule has 2 N–H and O–H groups in total. The second-order valence-corrected chi connectivity index (χ2v) is 5.95. The zero-order valence-corrected chi connectivity index (χ0v) is 13.5. The van der Waals surface area contributed by atoms with Crippen molar-refractivity contribution in [3.05, 3.63) is 34.3 Å². The lowest BCUT2D eigenvalue weighted by Crippen LogP contribution is -2.09. The van der Waals surface area contributed by atoms with E-state index < -0.39 is 0 Å². The van der Waals surface area contributed by atoms with E-state index in [2.05, 4.69) is 41.7 Å². The number of aromatic nitrogens is 2. The predicted molar refractivity (Wildman–Crippen MR) is 84.1 cm³/mol. The smallest absolute Gasteiger partial charge is 0.132 e. The zero-order valence-electron chi connectivity index (χ0n) is 12.0. The van der Waals surface area contributed by atoms with E-state index in [1.807, 2.05) is 4.57 Å². The molecule has 0 aliphatic heterocycles. The maximum atomic E-state index is 13.5. The van der Waals surface area contributed by atoms with Crippen LogP contribution in [0, 0.1) is 5.82 Å². The van der Waals surface area contributed by atoms with Crippen molar-refractivity contribution >= 4 is 21.7 Å². The summed E-state index contributed by atoms with van der Waals surface area (Å²) >= 11 is 3.44. The van der Waals surface area contributed by atoms with E-state index in [0.717, 1.165) is 23.1 Å². The van der Waals surface area contributed by atoms with Gasteiger partial charge in [0, 0.05) is 22.5 Å². The van der Waals surface area contributed by atoms with Crippen molar-refractivity contribution in [2.75, 3.05) is 5.73 Å². The molecule has 3 nitrogen and oxygen atoms in total. The molecule has 0 spiro atoms. The van der Waals surface area contributed by atoms with E-state index >= 15 is 0 Å². The van der Waals surface area contributed by atoms with E-state index in [4.69, 9.17) is 5.73 Å². The number of hydrogen-bond acceptors (Lipinski definition) is 2. The number of anilines is 1. The summed E-state index contributed by atoms with van der Waals surface area (Å²) in [6.07, 6.45) is 1.85. The highest BCUT2D eigenvalue weighted by molar-refractivity contribution is 9.10. The van der Waals surface area contributed by atoms with Gasteiger partial charge < -0.3 is 10.3 Å². The van der Waals surface area contributed by atoms with Crippen molar-refractivity contribution < 1.29 is 4.39 Å². The van der Waals surface area contributed by atoms with Gasteiger partial charge in [-0.05, 0) is 38.5 Å². The molecule has 0 aliphatic rings. The second kappa shape index (κ2) is 5.95. The van der Waals surface area contributed by atoms with Crippen LogP contribution in [-0.4, -0.2) is 9.55 Å². The Bertz CT molecular complexity index is 620.